The topological polar surface area (TPSA) is 62.3 Å². The predicted octanol–water partition coefficient (Wildman–Crippen LogP) is 7.11. The molecule has 0 N–H and O–H groups in total. The fraction of sp³-hybridized carbons (Fsp3) is 0.407. The molecule has 0 spiro atoms. The lowest BCUT2D eigenvalue weighted by molar-refractivity contribution is 0.0147. The van der Waals surface area contributed by atoms with Crippen LogP contribution in [0.4, 0.5) is 5.69 Å². The number of nitriles is 1. The molecule has 7 heteroatoms. The Hall–Kier alpha value is -2.52. The van der Waals surface area contributed by atoms with Crippen molar-refractivity contribution in [2.75, 3.05) is 4.90 Å². The van der Waals surface area contributed by atoms with E-state index in [0.717, 1.165) is 42.6 Å². The van der Waals surface area contributed by atoms with Gasteiger partial charge in [-0.3, -0.25) is 0 Å². The van der Waals surface area contributed by atoms with Crippen LogP contribution in [0.3, 0.4) is 0 Å². The van der Waals surface area contributed by atoms with Crippen molar-refractivity contribution < 1.29 is 9.26 Å². The number of rotatable bonds is 6. The first-order valence-corrected chi connectivity index (χ1v) is 12.7. The third-order valence-corrected chi connectivity index (χ3v) is 8.04. The van der Waals surface area contributed by atoms with E-state index in [4.69, 9.17) is 37.7 Å². The van der Waals surface area contributed by atoms with E-state index in [-0.39, 0.29) is 6.10 Å². The van der Waals surface area contributed by atoms with Crippen LogP contribution in [-0.4, -0.2) is 23.3 Å². The number of anilines is 1. The molecule has 2 aromatic carbocycles. The van der Waals surface area contributed by atoms with Crippen molar-refractivity contribution in [1.82, 2.24) is 5.16 Å². The van der Waals surface area contributed by atoms with Gasteiger partial charge in [-0.1, -0.05) is 34.4 Å². The first-order valence-electron chi connectivity index (χ1n) is 11.9. The van der Waals surface area contributed by atoms with Crippen molar-refractivity contribution in [3.05, 3.63) is 69.4 Å². The lowest BCUT2D eigenvalue weighted by atomic mass is 9.98. The van der Waals surface area contributed by atoms with E-state index >= 15 is 0 Å². The Morgan fingerprint density at radius 1 is 1.00 bits per heavy atom. The third kappa shape index (κ3) is 3.98. The van der Waals surface area contributed by atoms with E-state index in [1.807, 2.05) is 30.3 Å². The number of hydrogen-bond donors (Lipinski definition) is 0. The summed E-state index contributed by atoms with van der Waals surface area (Å²) in [6.45, 7) is 0.452. The van der Waals surface area contributed by atoms with E-state index in [9.17, 15) is 0 Å². The van der Waals surface area contributed by atoms with Gasteiger partial charge in [0.1, 0.15) is 11.5 Å². The normalized spacial score (nSPS) is 23.8. The quantitative estimate of drug-likeness (QED) is 0.365. The largest absolute Gasteiger partial charge is 0.373 e. The molecule has 2 aliphatic heterocycles. The molecule has 0 radical (unpaired) electrons. The third-order valence-electron chi connectivity index (χ3n) is 7.41. The standard InChI is InChI=1S/C27H25Cl2N3O2/c28-23-2-1-3-24(29)25(23)26-22(27(34-31-26)17-6-7-17)15-33-21-12-19-10-11-20(13-21)32(19)18-8-4-16(14-30)5-9-18/h1-5,8-9,17,19-21H,6-7,10-13,15H2/t19-,20+,21?. The molecule has 2 saturated heterocycles. The van der Waals surface area contributed by atoms with Crippen molar-refractivity contribution in [2.45, 2.75) is 69.2 Å². The zero-order valence-corrected chi connectivity index (χ0v) is 20.2. The van der Waals surface area contributed by atoms with Gasteiger partial charge < -0.3 is 14.2 Å². The van der Waals surface area contributed by atoms with E-state index in [1.165, 1.54) is 18.5 Å². The SMILES string of the molecule is N#Cc1ccc(N2[C@@H]3CC[C@H]2CC(OCc2c(-c4c(Cl)cccc4Cl)noc2C2CC2)C3)cc1. The maximum atomic E-state index is 9.10. The van der Waals surface area contributed by atoms with E-state index in [1.54, 1.807) is 0 Å². The summed E-state index contributed by atoms with van der Waals surface area (Å²) in [6, 6.07) is 16.6. The van der Waals surface area contributed by atoms with Gasteiger partial charge in [-0.05, 0) is 74.9 Å². The molecule has 3 heterocycles. The van der Waals surface area contributed by atoms with Crippen LogP contribution in [0.5, 0.6) is 0 Å². The molecule has 1 aliphatic carbocycles. The number of ether oxygens (including phenoxy) is 1. The highest BCUT2D eigenvalue weighted by atomic mass is 35.5. The van der Waals surface area contributed by atoms with Crippen LogP contribution in [0.1, 0.15) is 61.3 Å². The highest BCUT2D eigenvalue weighted by molar-refractivity contribution is 6.39. The molecule has 3 aromatic rings. The fourth-order valence-electron chi connectivity index (χ4n) is 5.64. The molecule has 5 nitrogen and oxygen atoms in total. The van der Waals surface area contributed by atoms with Gasteiger partial charge in [-0.15, -0.1) is 0 Å². The number of aromatic nitrogens is 1. The summed E-state index contributed by atoms with van der Waals surface area (Å²) >= 11 is 13.0. The van der Waals surface area contributed by atoms with Crippen LogP contribution in [-0.2, 0) is 11.3 Å². The zero-order valence-electron chi connectivity index (χ0n) is 18.7. The molecule has 6 rings (SSSR count). The second kappa shape index (κ2) is 8.92. The van der Waals surface area contributed by atoms with Gasteiger partial charge in [-0.2, -0.15) is 5.26 Å². The molecule has 34 heavy (non-hydrogen) atoms. The van der Waals surface area contributed by atoms with Crippen molar-refractivity contribution in [2.24, 2.45) is 0 Å². The first-order chi connectivity index (χ1) is 16.6. The van der Waals surface area contributed by atoms with Crippen LogP contribution in [0.15, 0.2) is 47.0 Å². The molecule has 0 amide bonds. The van der Waals surface area contributed by atoms with Gasteiger partial charge in [0.25, 0.3) is 0 Å². The zero-order chi connectivity index (χ0) is 23.2. The maximum Gasteiger partial charge on any atom is 0.145 e. The minimum atomic E-state index is 0.184. The minimum absolute atomic E-state index is 0.184. The van der Waals surface area contributed by atoms with Crippen LogP contribution in [0.25, 0.3) is 11.3 Å². The highest BCUT2D eigenvalue weighted by Gasteiger charge is 2.41. The summed E-state index contributed by atoms with van der Waals surface area (Å²) in [5.74, 6) is 1.33. The summed E-state index contributed by atoms with van der Waals surface area (Å²) in [5.41, 5.74) is 4.31. The van der Waals surface area contributed by atoms with E-state index < -0.39 is 0 Å². The smallest absolute Gasteiger partial charge is 0.145 e. The van der Waals surface area contributed by atoms with Crippen LogP contribution < -0.4 is 4.90 Å². The van der Waals surface area contributed by atoms with E-state index in [0.29, 0.717) is 45.9 Å². The maximum absolute atomic E-state index is 9.10. The number of fused-ring (bicyclic) bond motifs is 2. The average molecular weight is 494 g/mol. The summed E-state index contributed by atoms with van der Waals surface area (Å²) in [4.78, 5) is 2.53. The average Bonchev–Trinajstić information content (AvgIpc) is 3.55. The number of benzene rings is 2. The summed E-state index contributed by atoms with van der Waals surface area (Å²) in [5, 5.41) is 14.6. The van der Waals surface area contributed by atoms with Gasteiger partial charge >= 0.3 is 0 Å². The lowest BCUT2D eigenvalue weighted by Crippen LogP contribution is -2.45. The van der Waals surface area contributed by atoms with Crippen molar-refractivity contribution >= 4 is 28.9 Å². The van der Waals surface area contributed by atoms with Crippen molar-refractivity contribution in [1.29, 1.82) is 5.26 Å². The Bertz CT molecular complexity index is 1210. The molecule has 1 aromatic heterocycles. The molecule has 3 atom stereocenters. The van der Waals surface area contributed by atoms with Gasteiger partial charge in [0.15, 0.2) is 0 Å². The van der Waals surface area contributed by atoms with Gasteiger partial charge in [0.05, 0.1) is 34.4 Å². The van der Waals surface area contributed by atoms with E-state index in [2.05, 4.69) is 28.3 Å². The Labute approximate surface area is 209 Å². The highest BCUT2D eigenvalue weighted by Crippen LogP contribution is 2.47. The summed E-state index contributed by atoms with van der Waals surface area (Å²) < 4.78 is 12.3. The Kier molecular flexibility index (Phi) is 5.77. The van der Waals surface area contributed by atoms with Gasteiger partial charge in [0.2, 0.25) is 0 Å². The molecular weight excluding hydrogens is 469 g/mol. The Balaban J connectivity index is 1.20. The molecular formula is C27H25Cl2N3O2. The molecule has 174 valence electrons. The number of nitrogens with zero attached hydrogens (tertiary/aromatic N) is 3. The first kappa shape index (κ1) is 22.0. The molecule has 2 bridgehead atoms. The Morgan fingerprint density at radius 3 is 2.29 bits per heavy atom. The second-order valence-electron chi connectivity index (χ2n) is 9.60. The fourth-order valence-corrected chi connectivity index (χ4v) is 6.22. The van der Waals surface area contributed by atoms with Gasteiger partial charge in [-0.25, -0.2) is 0 Å². The Morgan fingerprint density at radius 2 is 1.68 bits per heavy atom. The summed E-state index contributed by atoms with van der Waals surface area (Å²) in [6.07, 6.45) is 6.74. The molecule has 1 saturated carbocycles. The van der Waals surface area contributed by atoms with Gasteiger partial charge in [0, 0.05) is 34.8 Å². The van der Waals surface area contributed by atoms with Crippen molar-refractivity contribution in [3.8, 4) is 17.3 Å². The van der Waals surface area contributed by atoms with Crippen LogP contribution >= 0.6 is 23.2 Å². The second-order valence-corrected chi connectivity index (χ2v) is 10.4. The van der Waals surface area contributed by atoms with Crippen LogP contribution in [0.2, 0.25) is 10.0 Å². The summed E-state index contributed by atoms with van der Waals surface area (Å²) in [7, 11) is 0. The predicted molar refractivity (Wildman–Crippen MR) is 132 cm³/mol. The number of piperidine rings is 1. The monoisotopic (exact) mass is 493 g/mol. The number of halogens is 2. The molecule has 1 unspecified atom stereocenters. The van der Waals surface area contributed by atoms with Crippen molar-refractivity contribution in [3.63, 3.8) is 0 Å². The number of hydrogen-bond acceptors (Lipinski definition) is 5. The molecule has 3 fully saturated rings. The van der Waals surface area contributed by atoms with Crippen LogP contribution in [0, 0.1) is 11.3 Å². The minimum Gasteiger partial charge on any atom is -0.373 e. The lowest BCUT2D eigenvalue weighted by Gasteiger charge is -2.40. The molecule has 3 aliphatic rings.